The van der Waals surface area contributed by atoms with E-state index in [1.54, 1.807) is 6.07 Å². The van der Waals surface area contributed by atoms with Gasteiger partial charge in [0.15, 0.2) is 0 Å². The molecule has 7 heteroatoms. The number of sulfonamides is 1. The molecule has 0 atom stereocenters. The van der Waals surface area contributed by atoms with Crippen LogP contribution in [0.15, 0.2) is 29.7 Å². The van der Waals surface area contributed by atoms with Crippen LogP contribution in [-0.4, -0.2) is 32.4 Å². The molecule has 1 aromatic rings. The Hall–Kier alpha value is -0.590. The Labute approximate surface area is 136 Å². The highest BCUT2D eigenvalue weighted by molar-refractivity contribution is 7.89. The van der Waals surface area contributed by atoms with Crippen LogP contribution in [-0.2, 0) is 16.6 Å². The quantitative estimate of drug-likeness (QED) is 0.767. The second-order valence-corrected chi connectivity index (χ2v) is 7.81. The van der Waals surface area contributed by atoms with Crippen molar-refractivity contribution in [2.24, 2.45) is 0 Å². The highest BCUT2D eigenvalue weighted by atomic mass is 35.5. The highest BCUT2D eigenvalue weighted by Crippen LogP contribution is 2.31. The van der Waals surface area contributed by atoms with Gasteiger partial charge < -0.3 is 5.32 Å². The molecule has 118 valence electrons. The summed E-state index contributed by atoms with van der Waals surface area (Å²) in [6.07, 6.45) is 1.51. The van der Waals surface area contributed by atoms with Crippen molar-refractivity contribution >= 4 is 33.2 Å². The minimum Gasteiger partial charge on any atom is -0.310 e. The third kappa shape index (κ3) is 4.69. The van der Waals surface area contributed by atoms with E-state index in [1.807, 2.05) is 13.8 Å². The van der Waals surface area contributed by atoms with E-state index < -0.39 is 10.0 Å². The van der Waals surface area contributed by atoms with Crippen LogP contribution in [0.5, 0.6) is 0 Å². The lowest BCUT2D eigenvalue weighted by atomic mass is 10.2. The van der Waals surface area contributed by atoms with E-state index in [9.17, 15) is 8.42 Å². The molecule has 0 bridgehead atoms. The smallest absolute Gasteiger partial charge is 0.244 e. The van der Waals surface area contributed by atoms with Crippen LogP contribution >= 0.6 is 23.2 Å². The van der Waals surface area contributed by atoms with Gasteiger partial charge >= 0.3 is 0 Å². The summed E-state index contributed by atoms with van der Waals surface area (Å²) in [5, 5.41) is 3.73. The number of nitrogens with one attached hydrogen (secondary N) is 1. The van der Waals surface area contributed by atoms with Gasteiger partial charge in [0, 0.05) is 31.2 Å². The summed E-state index contributed by atoms with van der Waals surface area (Å²) in [4.78, 5) is 0.0153. The zero-order valence-corrected chi connectivity index (χ0v) is 14.7. The lowest BCUT2D eigenvalue weighted by Gasteiger charge is -2.18. The van der Waals surface area contributed by atoms with Crippen LogP contribution in [0.3, 0.4) is 0 Å². The van der Waals surface area contributed by atoms with Crippen molar-refractivity contribution in [3.05, 3.63) is 40.4 Å². The van der Waals surface area contributed by atoms with Crippen LogP contribution in [0.2, 0.25) is 10.0 Å². The summed E-state index contributed by atoms with van der Waals surface area (Å²) in [6, 6.07) is 3.30. The first-order chi connectivity index (χ1) is 9.70. The summed E-state index contributed by atoms with van der Waals surface area (Å²) >= 11 is 12.3. The number of likely N-dealkylation sites (N-methyl/N-ethyl adjacent to an activating group) is 1. The molecule has 0 aliphatic rings. The molecule has 0 radical (unpaired) electrons. The lowest BCUT2D eigenvalue weighted by Crippen LogP contribution is -2.28. The average Bonchev–Trinajstić information content (AvgIpc) is 2.39. The van der Waals surface area contributed by atoms with Crippen molar-refractivity contribution in [1.29, 1.82) is 0 Å². The summed E-state index contributed by atoms with van der Waals surface area (Å²) < 4.78 is 26.2. The van der Waals surface area contributed by atoms with Gasteiger partial charge in [0.2, 0.25) is 10.0 Å². The fourth-order valence-corrected chi connectivity index (χ4v) is 3.74. The number of benzene rings is 1. The first-order valence-corrected chi connectivity index (χ1v) is 8.68. The zero-order chi connectivity index (χ0) is 16.2. The predicted molar refractivity (Wildman–Crippen MR) is 88.5 cm³/mol. The van der Waals surface area contributed by atoms with Gasteiger partial charge in [-0.05, 0) is 17.7 Å². The van der Waals surface area contributed by atoms with Gasteiger partial charge in [-0.2, -0.15) is 4.31 Å². The highest BCUT2D eigenvalue weighted by Gasteiger charge is 2.25. The summed E-state index contributed by atoms with van der Waals surface area (Å²) in [7, 11) is -2.22. The number of rotatable bonds is 7. The molecule has 0 amide bonds. The average molecular weight is 351 g/mol. The molecule has 0 aromatic heterocycles. The van der Waals surface area contributed by atoms with Crippen LogP contribution < -0.4 is 5.32 Å². The third-order valence-electron chi connectivity index (χ3n) is 2.85. The molecule has 0 spiro atoms. The first kappa shape index (κ1) is 18.5. The van der Waals surface area contributed by atoms with E-state index in [0.29, 0.717) is 17.1 Å². The van der Waals surface area contributed by atoms with Gasteiger partial charge in [0.25, 0.3) is 0 Å². The summed E-state index contributed by atoms with van der Waals surface area (Å²) in [5.74, 6) is 0. The van der Waals surface area contributed by atoms with E-state index >= 15 is 0 Å². The normalized spacial score (nSPS) is 12.1. The van der Waals surface area contributed by atoms with Crippen LogP contribution in [0.4, 0.5) is 0 Å². The van der Waals surface area contributed by atoms with Gasteiger partial charge in [0.1, 0.15) is 4.90 Å². The minimum absolute atomic E-state index is 0.0153. The molecule has 0 fully saturated rings. The van der Waals surface area contributed by atoms with Crippen molar-refractivity contribution in [2.75, 3.05) is 13.6 Å². The fraction of sp³-hybridized carbons (Fsp3) is 0.429. The molecule has 21 heavy (non-hydrogen) atoms. The van der Waals surface area contributed by atoms with Gasteiger partial charge in [-0.15, -0.1) is 6.58 Å². The maximum Gasteiger partial charge on any atom is 0.244 e. The molecule has 0 aliphatic heterocycles. The van der Waals surface area contributed by atoms with E-state index in [2.05, 4.69) is 11.9 Å². The molecule has 0 saturated carbocycles. The van der Waals surface area contributed by atoms with Gasteiger partial charge in [0.05, 0.1) is 5.02 Å². The second kappa shape index (κ2) is 7.61. The standard InChI is InChI=1S/C14H20Cl2N2O2S/c1-5-6-18(4)21(19,20)13-8-12(15)7-11(14(13)16)9-17-10(2)3/h5,7-8,10,17H,1,6,9H2,2-4H3. The predicted octanol–water partition coefficient (Wildman–Crippen LogP) is 3.30. The zero-order valence-electron chi connectivity index (χ0n) is 12.4. The molecular weight excluding hydrogens is 331 g/mol. The Bertz CT molecular complexity index is 616. The number of halogens is 2. The van der Waals surface area contributed by atoms with Gasteiger partial charge in [-0.1, -0.05) is 43.1 Å². The largest absolute Gasteiger partial charge is 0.310 e. The van der Waals surface area contributed by atoms with E-state index in [1.165, 1.54) is 23.5 Å². The molecule has 1 aromatic carbocycles. The maximum absolute atomic E-state index is 12.5. The Kier molecular flexibility index (Phi) is 6.69. The monoisotopic (exact) mass is 350 g/mol. The molecule has 0 unspecified atom stereocenters. The lowest BCUT2D eigenvalue weighted by molar-refractivity contribution is 0.499. The number of hydrogen-bond acceptors (Lipinski definition) is 3. The molecule has 0 aliphatic carbocycles. The Balaban J connectivity index is 3.27. The second-order valence-electron chi connectivity index (χ2n) is 4.99. The first-order valence-electron chi connectivity index (χ1n) is 6.48. The van der Waals surface area contributed by atoms with Crippen LogP contribution in [0.1, 0.15) is 19.4 Å². The van der Waals surface area contributed by atoms with Crippen molar-refractivity contribution in [3.63, 3.8) is 0 Å². The molecule has 1 rings (SSSR count). The Morgan fingerprint density at radius 3 is 2.52 bits per heavy atom. The number of hydrogen-bond donors (Lipinski definition) is 1. The fourth-order valence-electron chi connectivity index (χ4n) is 1.70. The third-order valence-corrected chi connectivity index (χ3v) is 5.48. The van der Waals surface area contributed by atoms with E-state index in [-0.39, 0.29) is 22.5 Å². The molecule has 0 heterocycles. The van der Waals surface area contributed by atoms with Crippen LogP contribution in [0, 0.1) is 0 Å². The van der Waals surface area contributed by atoms with E-state index in [4.69, 9.17) is 23.2 Å². The van der Waals surface area contributed by atoms with Crippen molar-refractivity contribution in [3.8, 4) is 0 Å². The Morgan fingerprint density at radius 2 is 2.00 bits per heavy atom. The van der Waals surface area contributed by atoms with Crippen molar-refractivity contribution < 1.29 is 8.42 Å². The molecule has 0 saturated heterocycles. The van der Waals surface area contributed by atoms with Crippen molar-refractivity contribution in [2.45, 2.75) is 31.3 Å². The van der Waals surface area contributed by atoms with Gasteiger partial charge in [-0.25, -0.2) is 8.42 Å². The SMILES string of the molecule is C=CCN(C)S(=O)(=O)c1cc(Cl)cc(CNC(C)C)c1Cl. The summed E-state index contributed by atoms with van der Waals surface area (Å²) in [5.41, 5.74) is 0.656. The van der Waals surface area contributed by atoms with E-state index in [0.717, 1.165) is 0 Å². The Morgan fingerprint density at radius 1 is 1.38 bits per heavy atom. The summed E-state index contributed by atoms with van der Waals surface area (Å²) in [6.45, 7) is 8.18. The molecule has 1 N–H and O–H groups in total. The van der Waals surface area contributed by atoms with Crippen LogP contribution in [0.25, 0.3) is 0 Å². The molecule has 4 nitrogen and oxygen atoms in total. The van der Waals surface area contributed by atoms with Gasteiger partial charge in [-0.3, -0.25) is 0 Å². The maximum atomic E-state index is 12.5. The minimum atomic E-state index is -3.70. The van der Waals surface area contributed by atoms with Crippen molar-refractivity contribution in [1.82, 2.24) is 9.62 Å². The number of nitrogens with zero attached hydrogens (tertiary/aromatic N) is 1. The molecular formula is C14H20Cl2N2O2S. The topological polar surface area (TPSA) is 49.4 Å².